The van der Waals surface area contributed by atoms with Crippen LogP contribution < -0.4 is 4.74 Å². The minimum Gasteiger partial charge on any atom is -0.444 e. The van der Waals surface area contributed by atoms with Gasteiger partial charge in [-0.05, 0) is 12.3 Å². The Morgan fingerprint density at radius 3 is 1.41 bits per heavy atom. The van der Waals surface area contributed by atoms with Crippen LogP contribution in [0.5, 0.6) is 11.5 Å². The van der Waals surface area contributed by atoms with Gasteiger partial charge in [-0.25, -0.2) is 17.6 Å². The summed E-state index contributed by atoms with van der Waals surface area (Å²) in [5.74, 6) is -24.4. The molecule has 0 bridgehead atoms. The van der Waals surface area contributed by atoms with Gasteiger partial charge in [-0.2, -0.15) is 26.0 Å². The predicted molar refractivity (Wildman–Crippen MR) is 81.1 cm³/mol. The van der Waals surface area contributed by atoms with Gasteiger partial charge in [-0.3, -0.25) is 4.55 Å². The molecule has 2 aromatic carbocycles. The van der Waals surface area contributed by atoms with E-state index < -0.39 is 84.5 Å². The maximum Gasteiger partial charge on any atom is 0.300 e. The van der Waals surface area contributed by atoms with Crippen LogP contribution in [0.15, 0.2) is 4.90 Å². The van der Waals surface area contributed by atoms with E-state index in [1.807, 2.05) is 0 Å². The van der Waals surface area contributed by atoms with E-state index in [4.69, 9.17) is 4.55 Å². The van der Waals surface area contributed by atoms with Gasteiger partial charge in [0.1, 0.15) is 0 Å². The first-order valence-electron chi connectivity index (χ1n) is 7.62. The summed E-state index contributed by atoms with van der Waals surface area (Å²) >= 11 is 0. The van der Waals surface area contributed by atoms with E-state index in [1.54, 1.807) is 0 Å². The molecule has 0 saturated heterocycles. The Balaban J connectivity index is 2.77. The highest BCUT2D eigenvalue weighted by atomic mass is 32.2. The first-order valence-corrected chi connectivity index (χ1v) is 9.06. The topological polar surface area (TPSA) is 63.6 Å². The molecule has 1 atom stereocenters. The summed E-state index contributed by atoms with van der Waals surface area (Å²) in [6, 6.07) is 0. The van der Waals surface area contributed by atoms with Gasteiger partial charge in [-0.1, -0.05) is 13.8 Å². The van der Waals surface area contributed by atoms with Crippen molar-refractivity contribution in [3.05, 3.63) is 52.1 Å². The monoisotopic (exact) mass is 450 g/mol. The van der Waals surface area contributed by atoms with Gasteiger partial charge in [0.2, 0.25) is 34.8 Å². The standard InChI is InChI=1S/C16H10F8O4S/c1-3-4(2)5-6(17)8(19)14(9(20)7(5)18)28-15-10(21)12(23)16(29(25,26)27)13(24)11(15)22/h4H,3H2,1-2H3,(H,25,26,27). The molecule has 0 radical (unpaired) electrons. The summed E-state index contributed by atoms with van der Waals surface area (Å²) < 4.78 is 146. The molecule has 1 N–H and O–H groups in total. The molecule has 0 aliphatic carbocycles. The van der Waals surface area contributed by atoms with E-state index in [1.165, 1.54) is 13.8 Å². The molecular formula is C16H10F8O4S. The lowest BCUT2D eigenvalue weighted by atomic mass is 9.96. The second-order valence-electron chi connectivity index (χ2n) is 5.80. The van der Waals surface area contributed by atoms with Crippen molar-refractivity contribution in [2.45, 2.75) is 31.1 Å². The Bertz CT molecular complexity index is 1040. The first-order chi connectivity index (χ1) is 13.3. The van der Waals surface area contributed by atoms with Crippen LogP contribution in [0.1, 0.15) is 31.7 Å². The number of ether oxygens (including phenoxy) is 1. The van der Waals surface area contributed by atoms with E-state index in [0.29, 0.717) is 0 Å². The molecule has 0 heterocycles. The zero-order chi connectivity index (χ0) is 22.4. The lowest BCUT2D eigenvalue weighted by Crippen LogP contribution is -2.13. The van der Waals surface area contributed by atoms with Crippen LogP contribution in [-0.4, -0.2) is 13.0 Å². The van der Waals surface area contributed by atoms with Gasteiger partial charge >= 0.3 is 10.1 Å². The summed E-state index contributed by atoms with van der Waals surface area (Å²) in [4.78, 5) is -2.44. The quantitative estimate of drug-likeness (QED) is 0.379. The van der Waals surface area contributed by atoms with Gasteiger partial charge in [0.05, 0.1) is 0 Å². The Morgan fingerprint density at radius 2 is 1.10 bits per heavy atom. The highest BCUT2D eigenvalue weighted by molar-refractivity contribution is 7.85. The summed E-state index contributed by atoms with van der Waals surface area (Å²) in [6.45, 7) is 2.66. The van der Waals surface area contributed by atoms with E-state index in [2.05, 4.69) is 4.74 Å². The second-order valence-corrected chi connectivity index (χ2v) is 7.16. The van der Waals surface area contributed by atoms with Crippen molar-refractivity contribution in [3.63, 3.8) is 0 Å². The molecule has 1 unspecified atom stereocenters. The van der Waals surface area contributed by atoms with Crippen molar-refractivity contribution in [1.82, 2.24) is 0 Å². The smallest absolute Gasteiger partial charge is 0.300 e. The van der Waals surface area contributed by atoms with Crippen LogP contribution in [0.4, 0.5) is 35.1 Å². The lowest BCUT2D eigenvalue weighted by Gasteiger charge is -2.17. The fraction of sp³-hybridized carbons (Fsp3) is 0.250. The number of rotatable bonds is 5. The van der Waals surface area contributed by atoms with Crippen LogP contribution in [0.25, 0.3) is 0 Å². The molecule has 0 aliphatic heterocycles. The fourth-order valence-electron chi connectivity index (χ4n) is 2.36. The van der Waals surface area contributed by atoms with E-state index in [9.17, 15) is 43.5 Å². The largest absolute Gasteiger partial charge is 0.444 e. The van der Waals surface area contributed by atoms with Crippen LogP contribution in [-0.2, 0) is 10.1 Å². The Labute approximate surface area is 158 Å². The molecule has 2 aromatic rings. The summed E-state index contributed by atoms with van der Waals surface area (Å²) in [6.07, 6.45) is 0.0453. The zero-order valence-corrected chi connectivity index (χ0v) is 15.2. The molecule has 29 heavy (non-hydrogen) atoms. The molecule has 0 fully saturated rings. The highest BCUT2D eigenvalue weighted by Gasteiger charge is 2.36. The molecule has 2 rings (SSSR count). The molecule has 4 nitrogen and oxygen atoms in total. The van der Waals surface area contributed by atoms with Crippen molar-refractivity contribution in [1.29, 1.82) is 0 Å². The Kier molecular flexibility index (Phi) is 6.14. The van der Waals surface area contributed by atoms with E-state index >= 15 is 0 Å². The van der Waals surface area contributed by atoms with Gasteiger partial charge < -0.3 is 4.74 Å². The average molecular weight is 450 g/mol. The first kappa shape index (κ1) is 22.9. The number of benzene rings is 2. The molecule has 13 heteroatoms. The third-order valence-electron chi connectivity index (χ3n) is 4.01. The normalized spacial score (nSPS) is 12.9. The van der Waals surface area contributed by atoms with Crippen molar-refractivity contribution >= 4 is 10.1 Å². The number of hydrogen-bond donors (Lipinski definition) is 1. The SMILES string of the molecule is CCC(C)c1c(F)c(F)c(Oc2c(F)c(F)c(S(=O)(=O)O)c(F)c2F)c(F)c1F. The maximum atomic E-state index is 14.1. The molecule has 0 aliphatic rings. The summed E-state index contributed by atoms with van der Waals surface area (Å²) in [5.41, 5.74) is -1.03. The van der Waals surface area contributed by atoms with E-state index in [0.717, 1.165) is 0 Å². The molecule has 160 valence electrons. The molecule has 0 aromatic heterocycles. The lowest BCUT2D eigenvalue weighted by molar-refractivity contribution is 0.312. The maximum absolute atomic E-state index is 14.1. The zero-order valence-electron chi connectivity index (χ0n) is 14.4. The highest BCUT2D eigenvalue weighted by Crippen LogP contribution is 2.40. The third-order valence-corrected chi connectivity index (χ3v) is 4.88. The van der Waals surface area contributed by atoms with Crippen molar-refractivity contribution in [2.75, 3.05) is 0 Å². The van der Waals surface area contributed by atoms with Gasteiger partial charge in [0, 0.05) is 5.56 Å². The van der Waals surface area contributed by atoms with Crippen molar-refractivity contribution in [3.8, 4) is 11.5 Å². The molecule has 0 saturated carbocycles. The second kappa shape index (κ2) is 7.78. The van der Waals surface area contributed by atoms with Crippen LogP contribution in [0.3, 0.4) is 0 Å². The Hall–Kier alpha value is -2.41. The molecule has 0 amide bonds. The van der Waals surface area contributed by atoms with Gasteiger partial charge in [0.15, 0.2) is 28.2 Å². The van der Waals surface area contributed by atoms with Gasteiger partial charge in [0.25, 0.3) is 0 Å². The Morgan fingerprint density at radius 1 is 0.759 bits per heavy atom. The third kappa shape index (κ3) is 3.75. The minimum absolute atomic E-state index is 0.0453. The van der Waals surface area contributed by atoms with Crippen LogP contribution in [0, 0.1) is 46.5 Å². The van der Waals surface area contributed by atoms with Gasteiger partial charge in [-0.15, -0.1) is 0 Å². The van der Waals surface area contributed by atoms with Crippen LogP contribution in [0.2, 0.25) is 0 Å². The summed E-state index contributed by atoms with van der Waals surface area (Å²) in [7, 11) is -5.80. The van der Waals surface area contributed by atoms with E-state index in [-0.39, 0.29) is 6.42 Å². The average Bonchev–Trinajstić information content (AvgIpc) is 2.63. The number of hydrogen-bond acceptors (Lipinski definition) is 3. The number of halogens is 8. The summed E-state index contributed by atoms with van der Waals surface area (Å²) in [5, 5.41) is 0. The molecular weight excluding hydrogens is 440 g/mol. The van der Waals surface area contributed by atoms with Crippen molar-refractivity contribution < 1.29 is 52.8 Å². The van der Waals surface area contributed by atoms with Crippen LogP contribution >= 0.6 is 0 Å². The minimum atomic E-state index is -5.80. The fourth-order valence-corrected chi connectivity index (χ4v) is 3.00. The van der Waals surface area contributed by atoms with Crippen molar-refractivity contribution in [2.24, 2.45) is 0 Å². The predicted octanol–water partition coefficient (Wildman–Crippen LogP) is 5.35. The molecule has 0 spiro atoms.